The molecule has 19 heavy (non-hydrogen) atoms. The molecule has 0 amide bonds. The minimum atomic E-state index is 0.301. The van der Waals surface area contributed by atoms with Gasteiger partial charge in [-0.2, -0.15) is 0 Å². The third kappa shape index (κ3) is 3.02. The lowest BCUT2D eigenvalue weighted by molar-refractivity contribution is 0.234. The normalized spacial score (nSPS) is 18.1. The zero-order chi connectivity index (χ0) is 13.9. The monoisotopic (exact) mass is 259 g/mol. The maximum atomic E-state index is 3.73. The Balaban J connectivity index is 2.35. The van der Waals surface area contributed by atoms with E-state index in [0.29, 0.717) is 11.5 Å². The first-order chi connectivity index (χ1) is 9.10. The van der Waals surface area contributed by atoms with Crippen LogP contribution in [0.5, 0.6) is 0 Å². The Morgan fingerprint density at radius 1 is 1.21 bits per heavy atom. The van der Waals surface area contributed by atoms with E-state index in [0.717, 1.165) is 12.5 Å². The van der Waals surface area contributed by atoms with E-state index in [-0.39, 0.29) is 0 Å². The van der Waals surface area contributed by atoms with Crippen LogP contribution in [0.3, 0.4) is 0 Å². The van der Waals surface area contributed by atoms with E-state index in [9.17, 15) is 0 Å². The number of nitrogens with one attached hydrogen (secondary N) is 1. The summed E-state index contributed by atoms with van der Waals surface area (Å²) in [5.74, 6) is 0.810. The van der Waals surface area contributed by atoms with Gasteiger partial charge < -0.3 is 5.32 Å². The van der Waals surface area contributed by atoms with Crippen molar-refractivity contribution in [2.75, 3.05) is 6.54 Å². The number of rotatable bonds is 6. The van der Waals surface area contributed by atoms with Gasteiger partial charge in [0.1, 0.15) is 0 Å². The maximum absolute atomic E-state index is 3.73. The number of hydrogen-bond acceptors (Lipinski definition) is 1. The highest BCUT2D eigenvalue weighted by Gasteiger charge is 2.32. The molecular formula is C18H29N. The van der Waals surface area contributed by atoms with Crippen LogP contribution in [0.15, 0.2) is 24.3 Å². The summed E-state index contributed by atoms with van der Waals surface area (Å²) in [7, 11) is 0. The molecule has 0 aliphatic heterocycles. The lowest BCUT2D eigenvalue weighted by Crippen LogP contribution is -2.35. The van der Waals surface area contributed by atoms with E-state index < -0.39 is 0 Å². The zero-order valence-electron chi connectivity index (χ0n) is 13.0. The molecule has 0 bridgehead atoms. The van der Waals surface area contributed by atoms with Gasteiger partial charge in [0.2, 0.25) is 0 Å². The molecule has 1 aromatic carbocycles. The Morgan fingerprint density at radius 3 is 2.42 bits per heavy atom. The molecule has 0 saturated heterocycles. The van der Waals surface area contributed by atoms with Crippen LogP contribution in [0.1, 0.15) is 76.5 Å². The van der Waals surface area contributed by atoms with E-state index in [2.05, 4.69) is 57.3 Å². The molecule has 1 N–H and O–H groups in total. The Labute approximate surface area is 118 Å². The van der Waals surface area contributed by atoms with E-state index in [1.165, 1.54) is 25.7 Å². The Morgan fingerprint density at radius 2 is 1.89 bits per heavy atom. The van der Waals surface area contributed by atoms with Crippen molar-refractivity contribution in [1.29, 1.82) is 0 Å². The van der Waals surface area contributed by atoms with Gasteiger partial charge in [0.25, 0.3) is 0 Å². The van der Waals surface area contributed by atoms with Gasteiger partial charge >= 0.3 is 0 Å². The van der Waals surface area contributed by atoms with Gasteiger partial charge in [-0.3, -0.25) is 0 Å². The van der Waals surface area contributed by atoms with E-state index in [1.54, 1.807) is 11.1 Å². The number of benzene rings is 1. The van der Waals surface area contributed by atoms with Gasteiger partial charge in [0, 0.05) is 6.04 Å². The summed E-state index contributed by atoms with van der Waals surface area (Å²) in [5, 5.41) is 3.73. The summed E-state index contributed by atoms with van der Waals surface area (Å²) in [6.07, 6.45) is 5.36. The molecule has 1 aliphatic rings. The highest BCUT2D eigenvalue weighted by molar-refractivity contribution is 5.35. The smallest absolute Gasteiger partial charge is 0.0374 e. The number of hydrogen-bond donors (Lipinski definition) is 1. The molecule has 2 rings (SSSR count). The van der Waals surface area contributed by atoms with Gasteiger partial charge in [-0.1, -0.05) is 58.4 Å². The standard InChI is InChI=1S/C18H29N/c1-5-18(3,4)17(19-6-2)16-13-8-7-12-15(16)14-10-9-11-14/h7-8,12-14,17,19H,5-6,9-11H2,1-4H3. The summed E-state index contributed by atoms with van der Waals surface area (Å²) >= 11 is 0. The van der Waals surface area contributed by atoms with Crippen LogP contribution in [0.4, 0.5) is 0 Å². The Hall–Kier alpha value is -0.820. The largest absolute Gasteiger partial charge is 0.310 e. The fourth-order valence-corrected chi connectivity index (χ4v) is 3.08. The van der Waals surface area contributed by atoms with Crippen molar-refractivity contribution < 1.29 is 0 Å². The molecule has 0 spiro atoms. The topological polar surface area (TPSA) is 12.0 Å². The van der Waals surface area contributed by atoms with Crippen molar-refractivity contribution in [2.45, 2.75) is 65.3 Å². The van der Waals surface area contributed by atoms with Crippen molar-refractivity contribution in [1.82, 2.24) is 5.32 Å². The Bertz CT molecular complexity index is 404. The fraction of sp³-hybridized carbons (Fsp3) is 0.667. The van der Waals surface area contributed by atoms with E-state index in [1.807, 2.05) is 0 Å². The minimum Gasteiger partial charge on any atom is -0.310 e. The average molecular weight is 259 g/mol. The third-order valence-electron chi connectivity index (χ3n) is 4.95. The summed E-state index contributed by atoms with van der Waals surface area (Å²) in [6.45, 7) is 10.3. The first kappa shape index (κ1) is 14.6. The lowest BCUT2D eigenvalue weighted by Gasteiger charge is -2.38. The second kappa shape index (κ2) is 6.09. The zero-order valence-corrected chi connectivity index (χ0v) is 13.0. The minimum absolute atomic E-state index is 0.301. The Kier molecular flexibility index (Phi) is 4.67. The molecule has 1 saturated carbocycles. The first-order valence-electron chi connectivity index (χ1n) is 7.92. The van der Waals surface area contributed by atoms with Crippen LogP contribution in [-0.4, -0.2) is 6.54 Å². The molecule has 1 nitrogen and oxygen atoms in total. The van der Waals surface area contributed by atoms with Gasteiger partial charge in [-0.05, 0) is 48.3 Å². The van der Waals surface area contributed by atoms with Gasteiger partial charge in [0.15, 0.2) is 0 Å². The molecule has 1 fully saturated rings. The molecule has 1 atom stereocenters. The van der Waals surface area contributed by atoms with Crippen LogP contribution in [0, 0.1) is 5.41 Å². The van der Waals surface area contributed by atoms with Crippen molar-refractivity contribution in [3.05, 3.63) is 35.4 Å². The summed E-state index contributed by atoms with van der Waals surface area (Å²) in [4.78, 5) is 0. The highest BCUT2D eigenvalue weighted by atomic mass is 14.9. The summed E-state index contributed by atoms with van der Waals surface area (Å²) in [6, 6.07) is 9.58. The molecule has 1 heteroatoms. The van der Waals surface area contributed by atoms with E-state index in [4.69, 9.17) is 0 Å². The van der Waals surface area contributed by atoms with Crippen LogP contribution in [0.25, 0.3) is 0 Å². The van der Waals surface area contributed by atoms with Crippen molar-refractivity contribution in [2.24, 2.45) is 5.41 Å². The predicted octanol–water partition coefficient (Wildman–Crippen LogP) is 5.04. The summed E-state index contributed by atoms with van der Waals surface area (Å²) < 4.78 is 0. The van der Waals surface area contributed by atoms with Gasteiger partial charge in [-0.25, -0.2) is 0 Å². The molecule has 0 radical (unpaired) electrons. The van der Waals surface area contributed by atoms with Crippen molar-refractivity contribution in [3.8, 4) is 0 Å². The third-order valence-corrected chi connectivity index (χ3v) is 4.95. The summed E-state index contributed by atoms with van der Waals surface area (Å²) in [5.41, 5.74) is 3.44. The average Bonchev–Trinajstić information content (AvgIpc) is 2.35. The van der Waals surface area contributed by atoms with Crippen LogP contribution < -0.4 is 5.32 Å². The SMILES string of the molecule is CCNC(c1ccccc1C1CCC1)C(C)(C)CC. The predicted molar refractivity (Wildman–Crippen MR) is 83.5 cm³/mol. The second-order valence-electron chi connectivity index (χ2n) is 6.59. The molecule has 1 aliphatic carbocycles. The van der Waals surface area contributed by atoms with Gasteiger partial charge in [-0.15, -0.1) is 0 Å². The van der Waals surface area contributed by atoms with E-state index >= 15 is 0 Å². The molecule has 1 unspecified atom stereocenters. The highest BCUT2D eigenvalue weighted by Crippen LogP contribution is 2.44. The van der Waals surface area contributed by atoms with Crippen molar-refractivity contribution >= 4 is 0 Å². The van der Waals surface area contributed by atoms with Crippen LogP contribution in [0.2, 0.25) is 0 Å². The van der Waals surface area contributed by atoms with Crippen molar-refractivity contribution in [3.63, 3.8) is 0 Å². The molecular weight excluding hydrogens is 230 g/mol. The quantitative estimate of drug-likeness (QED) is 0.754. The first-order valence-corrected chi connectivity index (χ1v) is 7.92. The fourth-order valence-electron chi connectivity index (χ4n) is 3.08. The molecule has 0 aromatic heterocycles. The lowest BCUT2D eigenvalue weighted by atomic mass is 9.72. The van der Waals surface area contributed by atoms with Crippen LogP contribution in [-0.2, 0) is 0 Å². The molecule has 1 aromatic rings. The maximum Gasteiger partial charge on any atom is 0.0374 e. The second-order valence-corrected chi connectivity index (χ2v) is 6.59. The van der Waals surface area contributed by atoms with Gasteiger partial charge in [0.05, 0.1) is 0 Å². The molecule has 106 valence electrons. The van der Waals surface area contributed by atoms with Crippen LogP contribution >= 0.6 is 0 Å². The molecule has 0 heterocycles.